The molecule has 11 heteroatoms. The molecule has 2 aromatic rings. The molecular weight excluding hydrogens is 479 g/mol. The highest BCUT2D eigenvalue weighted by atomic mass is 35.5. The summed E-state index contributed by atoms with van der Waals surface area (Å²) < 4.78 is 54.2. The van der Waals surface area contributed by atoms with E-state index in [1.54, 1.807) is 18.2 Å². The van der Waals surface area contributed by atoms with Crippen LogP contribution in [0.15, 0.2) is 40.1 Å². The second kappa shape index (κ2) is 8.34. The van der Waals surface area contributed by atoms with Crippen molar-refractivity contribution >= 4 is 54.8 Å². The lowest BCUT2D eigenvalue weighted by Gasteiger charge is -2.33. The first kappa shape index (κ1) is 22.8. The van der Waals surface area contributed by atoms with Crippen LogP contribution >= 0.6 is 34.8 Å². The summed E-state index contributed by atoms with van der Waals surface area (Å²) in [5, 5.41) is 0.190. The second-order valence-electron chi connectivity index (χ2n) is 6.75. The number of hydrogen-bond donors (Lipinski definition) is 0. The van der Waals surface area contributed by atoms with Gasteiger partial charge in [0.25, 0.3) is 0 Å². The maximum atomic E-state index is 13.0. The molecule has 158 valence electrons. The molecule has 0 aromatic heterocycles. The van der Waals surface area contributed by atoms with Crippen molar-refractivity contribution in [2.24, 2.45) is 0 Å². The molecule has 0 amide bonds. The number of nitrogens with zero attached hydrogens (tertiary/aromatic N) is 2. The van der Waals surface area contributed by atoms with Crippen LogP contribution in [0.2, 0.25) is 15.1 Å². The van der Waals surface area contributed by atoms with Crippen molar-refractivity contribution in [3.8, 4) is 0 Å². The van der Waals surface area contributed by atoms with Crippen molar-refractivity contribution in [3.63, 3.8) is 0 Å². The maximum absolute atomic E-state index is 13.0. The topological polar surface area (TPSA) is 74.8 Å². The molecule has 0 bridgehead atoms. The van der Waals surface area contributed by atoms with Gasteiger partial charge in [-0.05, 0) is 49.2 Å². The van der Waals surface area contributed by atoms with E-state index in [-0.39, 0.29) is 51.0 Å². The molecular formula is C18H19Cl3N2O4S2. The molecule has 1 fully saturated rings. The first-order chi connectivity index (χ1) is 13.4. The third-order valence-electron chi connectivity index (χ3n) is 4.91. The standard InChI is InChI=1S/C18H19Cl3N2O4S2/c1-12-3-4-14(9-13(12)2)28(24,25)22-5-7-23(8-6-22)29(26,27)18-11-16(20)15(19)10-17(18)21/h3-4,9-11H,5-8H2,1-2H3. The number of halogens is 3. The Kier molecular flexibility index (Phi) is 6.56. The summed E-state index contributed by atoms with van der Waals surface area (Å²) in [5.41, 5.74) is 1.87. The summed E-state index contributed by atoms with van der Waals surface area (Å²) in [6.45, 7) is 3.83. The predicted molar refractivity (Wildman–Crippen MR) is 115 cm³/mol. The number of benzene rings is 2. The van der Waals surface area contributed by atoms with Crippen LogP contribution in [0.5, 0.6) is 0 Å². The zero-order chi connectivity index (χ0) is 21.6. The summed E-state index contributed by atoms with van der Waals surface area (Å²) in [4.78, 5) is 0.0449. The molecule has 1 heterocycles. The Morgan fingerprint density at radius 3 is 1.76 bits per heavy atom. The zero-order valence-corrected chi connectivity index (χ0v) is 19.6. The minimum atomic E-state index is -3.94. The Balaban J connectivity index is 1.81. The van der Waals surface area contributed by atoms with Crippen LogP contribution in [-0.2, 0) is 20.0 Å². The molecule has 3 rings (SSSR count). The lowest BCUT2D eigenvalue weighted by Crippen LogP contribution is -2.50. The van der Waals surface area contributed by atoms with Crippen LogP contribution in [0.25, 0.3) is 0 Å². The van der Waals surface area contributed by atoms with Crippen molar-refractivity contribution in [2.45, 2.75) is 23.6 Å². The normalized spacial score (nSPS) is 16.9. The second-order valence-corrected chi connectivity index (χ2v) is 11.8. The number of aryl methyl sites for hydroxylation is 2. The van der Waals surface area contributed by atoms with Gasteiger partial charge in [0.1, 0.15) is 4.90 Å². The minimum absolute atomic E-state index is 0.00296. The Morgan fingerprint density at radius 1 is 0.690 bits per heavy atom. The van der Waals surface area contributed by atoms with Crippen molar-refractivity contribution in [1.29, 1.82) is 0 Å². The van der Waals surface area contributed by atoms with Crippen LogP contribution in [0.1, 0.15) is 11.1 Å². The van der Waals surface area contributed by atoms with E-state index in [2.05, 4.69) is 0 Å². The van der Waals surface area contributed by atoms with Gasteiger partial charge in [-0.3, -0.25) is 0 Å². The average Bonchev–Trinajstić information content (AvgIpc) is 2.66. The van der Waals surface area contributed by atoms with Gasteiger partial charge < -0.3 is 0 Å². The van der Waals surface area contributed by atoms with Crippen molar-refractivity contribution in [2.75, 3.05) is 26.2 Å². The van der Waals surface area contributed by atoms with Crippen molar-refractivity contribution < 1.29 is 16.8 Å². The maximum Gasteiger partial charge on any atom is 0.244 e. The quantitative estimate of drug-likeness (QED) is 0.599. The molecule has 0 unspecified atom stereocenters. The van der Waals surface area contributed by atoms with Crippen molar-refractivity contribution in [3.05, 3.63) is 56.5 Å². The first-order valence-electron chi connectivity index (χ1n) is 8.66. The Labute approximate surface area is 186 Å². The monoisotopic (exact) mass is 496 g/mol. The average molecular weight is 498 g/mol. The van der Waals surface area contributed by atoms with Crippen LogP contribution in [-0.4, -0.2) is 51.6 Å². The third kappa shape index (κ3) is 4.44. The molecule has 1 aliphatic heterocycles. The van der Waals surface area contributed by atoms with Crippen LogP contribution in [0.3, 0.4) is 0 Å². The molecule has 2 aromatic carbocycles. The van der Waals surface area contributed by atoms with Gasteiger partial charge in [0.2, 0.25) is 20.0 Å². The molecule has 29 heavy (non-hydrogen) atoms. The number of sulfonamides is 2. The highest BCUT2D eigenvalue weighted by Crippen LogP contribution is 2.33. The van der Waals surface area contributed by atoms with Crippen LogP contribution < -0.4 is 0 Å². The van der Waals surface area contributed by atoms with E-state index in [0.29, 0.717) is 0 Å². The lowest BCUT2D eigenvalue weighted by atomic mass is 10.1. The smallest absolute Gasteiger partial charge is 0.207 e. The van der Waals surface area contributed by atoms with E-state index < -0.39 is 20.0 Å². The molecule has 0 atom stereocenters. The van der Waals surface area contributed by atoms with Crippen LogP contribution in [0.4, 0.5) is 0 Å². The fourth-order valence-electron chi connectivity index (χ4n) is 3.01. The minimum Gasteiger partial charge on any atom is -0.207 e. The number of piperazine rings is 1. The molecule has 1 aliphatic rings. The number of hydrogen-bond acceptors (Lipinski definition) is 4. The van der Waals surface area contributed by atoms with E-state index >= 15 is 0 Å². The Hall–Kier alpha value is -0.870. The molecule has 0 spiro atoms. The van der Waals surface area contributed by atoms with Gasteiger partial charge in [-0.25, -0.2) is 16.8 Å². The molecule has 1 saturated heterocycles. The highest BCUT2D eigenvalue weighted by Gasteiger charge is 2.35. The lowest BCUT2D eigenvalue weighted by molar-refractivity contribution is 0.273. The van der Waals surface area contributed by atoms with Crippen LogP contribution in [0, 0.1) is 13.8 Å². The van der Waals surface area contributed by atoms with E-state index in [0.717, 1.165) is 11.1 Å². The van der Waals surface area contributed by atoms with Gasteiger partial charge in [0.05, 0.1) is 20.0 Å². The van der Waals surface area contributed by atoms with E-state index in [9.17, 15) is 16.8 Å². The van der Waals surface area contributed by atoms with Gasteiger partial charge in [0, 0.05) is 26.2 Å². The molecule has 0 saturated carbocycles. The molecule has 0 N–H and O–H groups in total. The largest absolute Gasteiger partial charge is 0.244 e. The highest BCUT2D eigenvalue weighted by molar-refractivity contribution is 7.89. The summed E-state index contributed by atoms with van der Waals surface area (Å²) in [5.74, 6) is 0. The summed E-state index contributed by atoms with van der Waals surface area (Å²) in [6.07, 6.45) is 0. The fraction of sp³-hybridized carbons (Fsp3) is 0.333. The zero-order valence-electron chi connectivity index (χ0n) is 15.7. The summed E-state index contributed by atoms with van der Waals surface area (Å²) >= 11 is 17.9. The van der Waals surface area contributed by atoms with Gasteiger partial charge in [-0.15, -0.1) is 0 Å². The Morgan fingerprint density at radius 2 is 1.21 bits per heavy atom. The molecule has 0 radical (unpaired) electrons. The van der Waals surface area contributed by atoms with Gasteiger partial charge in [-0.1, -0.05) is 40.9 Å². The molecule has 6 nitrogen and oxygen atoms in total. The van der Waals surface area contributed by atoms with E-state index in [1.165, 1.54) is 20.7 Å². The van der Waals surface area contributed by atoms with Gasteiger partial charge in [-0.2, -0.15) is 8.61 Å². The van der Waals surface area contributed by atoms with Gasteiger partial charge >= 0.3 is 0 Å². The molecule has 0 aliphatic carbocycles. The SMILES string of the molecule is Cc1ccc(S(=O)(=O)N2CCN(S(=O)(=O)c3cc(Cl)c(Cl)cc3Cl)CC2)cc1C. The third-order valence-corrected chi connectivity index (χ3v) is 9.89. The van der Waals surface area contributed by atoms with E-state index in [4.69, 9.17) is 34.8 Å². The van der Waals surface area contributed by atoms with Crippen molar-refractivity contribution in [1.82, 2.24) is 8.61 Å². The van der Waals surface area contributed by atoms with E-state index in [1.807, 2.05) is 13.8 Å². The Bertz CT molecular complexity index is 1160. The first-order valence-corrected chi connectivity index (χ1v) is 12.7. The van der Waals surface area contributed by atoms with Gasteiger partial charge in [0.15, 0.2) is 0 Å². The predicted octanol–water partition coefficient (Wildman–Crippen LogP) is 3.96. The summed E-state index contributed by atoms with van der Waals surface area (Å²) in [7, 11) is -7.65. The number of rotatable bonds is 4. The fourth-order valence-corrected chi connectivity index (χ4v) is 6.92. The summed E-state index contributed by atoms with van der Waals surface area (Å²) in [6, 6.07) is 7.44.